The van der Waals surface area contributed by atoms with E-state index in [-0.39, 0.29) is 11.3 Å². The van der Waals surface area contributed by atoms with Gasteiger partial charge in [0.2, 0.25) is 11.8 Å². The number of hydrogen-bond donors (Lipinski definition) is 1. The van der Waals surface area contributed by atoms with Crippen LogP contribution in [0.15, 0.2) is 30.3 Å². The van der Waals surface area contributed by atoms with Crippen LogP contribution in [0.2, 0.25) is 0 Å². The first-order chi connectivity index (χ1) is 10.3. The number of benzene rings is 1. The van der Waals surface area contributed by atoms with Crippen LogP contribution in [0.25, 0.3) is 0 Å². The minimum atomic E-state index is -0.0556. The van der Waals surface area contributed by atoms with Crippen molar-refractivity contribution in [1.29, 1.82) is 0 Å². The van der Waals surface area contributed by atoms with Gasteiger partial charge in [-0.25, -0.2) is 4.68 Å². The van der Waals surface area contributed by atoms with Gasteiger partial charge < -0.3 is 10.1 Å². The van der Waals surface area contributed by atoms with Crippen molar-refractivity contribution in [2.45, 2.75) is 34.1 Å². The van der Waals surface area contributed by atoms with Crippen molar-refractivity contribution in [2.24, 2.45) is 12.5 Å². The molecule has 22 heavy (non-hydrogen) atoms. The normalized spacial score (nSPS) is 11.3. The number of carbonyl (C=O) groups excluding carboxylic acids is 1. The molecule has 0 atom stereocenters. The van der Waals surface area contributed by atoms with Gasteiger partial charge in [0.15, 0.2) is 0 Å². The largest absolute Gasteiger partial charge is 0.437 e. The predicted octanol–water partition coefficient (Wildman–Crippen LogP) is 3.90. The average Bonchev–Trinajstić information content (AvgIpc) is 2.66. The maximum absolute atomic E-state index is 12.1. The highest BCUT2D eigenvalue weighted by Crippen LogP contribution is 2.29. The fourth-order valence-electron chi connectivity index (χ4n) is 2.13. The summed E-state index contributed by atoms with van der Waals surface area (Å²) < 4.78 is 7.40. The Bertz CT molecular complexity index is 655. The summed E-state index contributed by atoms with van der Waals surface area (Å²) in [4.78, 5) is 12.1. The molecule has 0 aliphatic heterocycles. The van der Waals surface area contributed by atoms with Gasteiger partial charge in [-0.1, -0.05) is 39.0 Å². The molecule has 1 N–H and O–H groups in total. The second kappa shape index (κ2) is 6.22. The van der Waals surface area contributed by atoms with E-state index in [1.54, 1.807) is 11.7 Å². The molecule has 0 aliphatic carbocycles. The van der Waals surface area contributed by atoms with E-state index in [1.165, 1.54) is 0 Å². The summed E-state index contributed by atoms with van der Waals surface area (Å²) in [7, 11) is 1.79. The quantitative estimate of drug-likeness (QED) is 0.932. The third kappa shape index (κ3) is 4.10. The van der Waals surface area contributed by atoms with Crippen LogP contribution in [0.1, 0.15) is 32.8 Å². The van der Waals surface area contributed by atoms with Gasteiger partial charge in [0, 0.05) is 13.5 Å². The van der Waals surface area contributed by atoms with Crippen LogP contribution in [0.4, 0.5) is 5.82 Å². The number of rotatable bonds is 4. The summed E-state index contributed by atoms with van der Waals surface area (Å²) in [6.45, 7) is 7.99. The Hall–Kier alpha value is -2.30. The minimum absolute atomic E-state index is 0.0233. The number of carbonyl (C=O) groups is 1. The maximum Gasteiger partial charge on any atom is 0.243 e. The van der Waals surface area contributed by atoms with Crippen LogP contribution < -0.4 is 10.1 Å². The highest BCUT2D eigenvalue weighted by Gasteiger charge is 2.20. The summed E-state index contributed by atoms with van der Waals surface area (Å²) in [6, 6.07) is 9.47. The summed E-state index contributed by atoms with van der Waals surface area (Å²) in [6.07, 6.45) is 0.451. The SMILES string of the molecule is Cc1c(Oc2ccccc2)nn(C)c1NC(=O)CC(C)(C)C. The number of aryl methyl sites for hydroxylation is 1. The van der Waals surface area contributed by atoms with E-state index in [1.807, 2.05) is 58.0 Å². The van der Waals surface area contributed by atoms with Crippen molar-refractivity contribution in [3.8, 4) is 11.6 Å². The molecular weight excluding hydrogens is 278 g/mol. The van der Waals surface area contributed by atoms with Crippen LogP contribution in [0.5, 0.6) is 11.6 Å². The molecule has 1 heterocycles. The van der Waals surface area contributed by atoms with E-state index in [2.05, 4.69) is 10.4 Å². The van der Waals surface area contributed by atoms with Gasteiger partial charge in [-0.15, -0.1) is 5.10 Å². The number of hydrogen-bond acceptors (Lipinski definition) is 3. The Kier molecular flexibility index (Phi) is 4.54. The van der Waals surface area contributed by atoms with Crippen LogP contribution in [-0.2, 0) is 11.8 Å². The number of anilines is 1. The maximum atomic E-state index is 12.1. The standard InChI is InChI=1S/C17H23N3O2/c1-12-15(18-14(21)11-17(2,3)4)20(5)19-16(12)22-13-9-7-6-8-10-13/h6-10H,11H2,1-5H3,(H,18,21). The van der Waals surface area contributed by atoms with Gasteiger partial charge in [0.05, 0.1) is 5.56 Å². The van der Waals surface area contributed by atoms with E-state index in [0.29, 0.717) is 18.1 Å². The Labute approximate surface area is 131 Å². The lowest BCUT2D eigenvalue weighted by Gasteiger charge is -2.17. The van der Waals surface area contributed by atoms with Crippen LogP contribution in [0, 0.1) is 12.3 Å². The monoisotopic (exact) mass is 301 g/mol. The molecule has 5 nitrogen and oxygen atoms in total. The first-order valence-corrected chi connectivity index (χ1v) is 7.32. The highest BCUT2D eigenvalue weighted by atomic mass is 16.5. The van der Waals surface area contributed by atoms with Crippen molar-refractivity contribution in [3.63, 3.8) is 0 Å². The fourth-order valence-corrected chi connectivity index (χ4v) is 2.13. The van der Waals surface area contributed by atoms with E-state index >= 15 is 0 Å². The molecule has 1 amide bonds. The molecule has 1 aromatic heterocycles. The lowest BCUT2D eigenvalue weighted by molar-refractivity contribution is -0.117. The van der Waals surface area contributed by atoms with E-state index in [9.17, 15) is 4.79 Å². The molecule has 2 aromatic rings. The van der Waals surface area contributed by atoms with Crippen molar-refractivity contribution in [2.75, 3.05) is 5.32 Å². The van der Waals surface area contributed by atoms with Crippen LogP contribution in [0.3, 0.4) is 0 Å². The molecule has 118 valence electrons. The molecule has 5 heteroatoms. The van der Waals surface area contributed by atoms with E-state index in [4.69, 9.17) is 4.74 Å². The van der Waals surface area contributed by atoms with Gasteiger partial charge in [0.1, 0.15) is 11.6 Å². The zero-order valence-electron chi connectivity index (χ0n) is 13.8. The zero-order chi connectivity index (χ0) is 16.3. The third-order valence-corrected chi connectivity index (χ3v) is 3.15. The number of nitrogens with zero attached hydrogens (tertiary/aromatic N) is 2. The van der Waals surface area contributed by atoms with Crippen LogP contribution >= 0.6 is 0 Å². The summed E-state index contributed by atoms with van der Waals surface area (Å²) in [5.41, 5.74) is 0.758. The van der Waals surface area contributed by atoms with E-state index < -0.39 is 0 Å². The fraction of sp³-hybridized carbons (Fsp3) is 0.412. The van der Waals surface area contributed by atoms with Gasteiger partial charge in [-0.2, -0.15) is 0 Å². The Balaban J connectivity index is 2.15. The second-order valence-electron chi connectivity index (χ2n) is 6.60. The number of aromatic nitrogens is 2. The predicted molar refractivity (Wildman–Crippen MR) is 87.2 cm³/mol. The lowest BCUT2D eigenvalue weighted by Crippen LogP contribution is -2.21. The number of amides is 1. The zero-order valence-corrected chi connectivity index (χ0v) is 13.8. The highest BCUT2D eigenvalue weighted by molar-refractivity contribution is 5.91. The van der Waals surface area contributed by atoms with Gasteiger partial charge in [-0.3, -0.25) is 4.79 Å². The first kappa shape index (κ1) is 16.1. The molecule has 0 aliphatic rings. The smallest absolute Gasteiger partial charge is 0.243 e. The molecular formula is C17H23N3O2. The minimum Gasteiger partial charge on any atom is -0.437 e. The average molecular weight is 301 g/mol. The summed E-state index contributed by atoms with van der Waals surface area (Å²) >= 11 is 0. The molecule has 0 unspecified atom stereocenters. The molecule has 2 rings (SSSR count). The molecule has 0 saturated carbocycles. The van der Waals surface area contributed by atoms with Gasteiger partial charge in [0.25, 0.3) is 0 Å². The number of nitrogens with one attached hydrogen (secondary N) is 1. The molecule has 0 bridgehead atoms. The third-order valence-electron chi connectivity index (χ3n) is 3.15. The first-order valence-electron chi connectivity index (χ1n) is 7.32. The van der Waals surface area contributed by atoms with Crippen molar-refractivity contribution < 1.29 is 9.53 Å². The topological polar surface area (TPSA) is 56.1 Å². The molecule has 0 spiro atoms. The summed E-state index contributed by atoms with van der Waals surface area (Å²) in [5, 5.41) is 7.26. The molecule has 0 saturated heterocycles. The van der Waals surface area contributed by atoms with Gasteiger partial charge in [-0.05, 0) is 24.5 Å². The molecule has 0 fully saturated rings. The Morgan fingerprint density at radius 1 is 1.27 bits per heavy atom. The lowest BCUT2D eigenvalue weighted by atomic mass is 9.92. The number of ether oxygens (including phenoxy) is 1. The van der Waals surface area contributed by atoms with Crippen molar-refractivity contribution >= 4 is 11.7 Å². The van der Waals surface area contributed by atoms with Crippen molar-refractivity contribution in [3.05, 3.63) is 35.9 Å². The van der Waals surface area contributed by atoms with Crippen LogP contribution in [-0.4, -0.2) is 15.7 Å². The van der Waals surface area contributed by atoms with Gasteiger partial charge >= 0.3 is 0 Å². The second-order valence-corrected chi connectivity index (χ2v) is 6.60. The Morgan fingerprint density at radius 2 is 1.91 bits per heavy atom. The molecule has 1 aromatic carbocycles. The molecule has 0 radical (unpaired) electrons. The summed E-state index contributed by atoms with van der Waals surface area (Å²) in [5.74, 6) is 1.86. The van der Waals surface area contributed by atoms with E-state index in [0.717, 1.165) is 11.3 Å². The Morgan fingerprint density at radius 3 is 2.50 bits per heavy atom. The number of para-hydroxylation sites is 1. The van der Waals surface area contributed by atoms with Crippen molar-refractivity contribution in [1.82, 2.24) is 9.78 Å².